The number of halogens is 1. The van der Waals surface area contributed by atoms with E-state index in [9.17, 15) is 9.59 Å². The number of carbonyl (C=O) groups excluding carboxylic acids is 2. The molecule has 140 valence electrons. The molecule has 0 fully saturated rings. The van der Waals surface area contributed by atoms with Gasteiger partial charge < -0.3 is 14.2 Å². The van der Waals surface area contributed by atoms with Gasteiger partial charge in [0.2, 0.25) is 0 Å². The highest BCUT2D eigenvalue weighted by atomic mass is 35.5. The first-order valence-electron chi connectivity index (χ1n) is 8.48. The number of carbonyl (C=O) groups is 2. The number of benzene rings is 2. The lowest BCUT2D eigenvalue weighted by Gasteiger charge is -2.29. The Morgan fingerprint density at radius 2 is 1.78 bits per heavy atom. The van der Waals surface area contributed by atoms with Gasteiger partial charge in [-0.2, -0.15) is 0 Å². The Labute approximate surface area is 162 Å². The van der Waals surface area contributed by atoms with Crippen molar-refractivity contribution in [1.82, 2.24) is 0 Å². The summed E-state index contributed by atoms with van der Waals surface area (Å²) in [6.45, 7) is 3.53. The van der Waals surface area contributed by atoms with Gasteiger partial charge in [0.25, 0.3) is 0 Å². The monoisotopic (exact) mass is 386 g/mol. The van der Waals surface area contributed by atoms with E-state index in [2.05, 4.69) is 0 Å². The third-order valence-corrected chi connectivity index (χ3v) is 4.67. The number of methoxy groups -OCH3 is 1. The molecule has 2 aromatic rings. The number of Topliss-reactive ketones (excluding diaryl/α,β-unsaturated/α-hetero) is 1. The first-order chi connectivity index (χ1) is 12.9. The molecule has 0 spiro atoms. The van der Waals surface area contributed by atoms with Gasteiger partial charge in [-0.1, -0.05) is 24.6 Å². The highest BCUT2D eigenvalue weighted by Gasteiger charge is 2.38. The summed E-state index contributed by atoms with van der Waals surface area (Å²) >= 11 is 5.96. The first-order valence-corrected chi connectivity index (χ1v) is 8.86. The minimum Gasteiger partial charge on any atom is -0.488 e. The number of hydrogen-bond donors (Lipinski definition) is 0. The summed E-state index contributed by atoms with van der Waals surface area (Å²) in [5, 5.41) is 0.578. The number of hydrogen-bond acceptors (Lipinski definition) is 5. The molecule has 0 radical (unpaired) electrons. The molecule has 2 aromatic carbocycles. The topological polar surface area (TPSA) is 61.8 Å². The van der Waals surface area contributed by atoms with Gasteiger partial charge in [0.1, 0.15) is 28.9 Å². The zero-order valence-electron chi connectivity index (χ0n) is 15.2. The molecule has 3 rings (SSSR count). The molecule has 0 aromatic heterocycles. The van der Waals surface area contributed by atoms with Crippen molar-refractivity contribution < 1.29 is 23.8 Å². The molecule has 27 heavy (non-hydrogen) atoms. The Hall–Kier alpha value is -2.79. The molecule has 0 aliphatic carbocycles. The summed E-state index contributed by atoms with van der Waals surface area (Å²) in [4.78, 5) is 24.7. The van der Waals surface area contributed by atoms with E-state index in [0.717, 1.165) is 0 Å². The van der Waals surface area contributed by atoms with Crippen LogP contribution < -0.4 is 4.74 Å². The minimum atomic E-state index is -0.701. The fraction of sp³-hybridized carbons (Fsp3) is 0.238. The lowest BCUT2D eigenvalue weighted by atomic mass is 9.89. The maximum atomic E-state index is 12.6. The Bertz CT molecular complexity index is 901. The summed E-state index contributed by atoms with van der Waals surface area (Å²) in [6.07, 6.45) is -0.344. The van der Waals surface area contributed by atoms with Crippen LogP contribution in [0.2, 0.25) is 5.02 Å². The summed E-state index contributed by atoms with van der Waals surface area (Å²) in [5.41, 5.74) is 0.535. The lowest BCUT2D eigenvalue weighted by Crippen LogP contribution is -2.35. The second kappa shape index (κ2) is 7.84. The quantitative estimate of drug-likeness (QED) is 0.565. The summed E-state index contributed by atoms with van der Waals surface area (Å²) in [7, 11) is 1.24. The Balaban J connectivity index is 1.93. The Morgan fingerprint density at radius 1 is 1.07 bits per heavy atom. The van der Waals surface area contributed by atoms with Gasteiger partial charge in [-0.05, 0) is 49.4 Å². The maximum Gasteiger partial charge on any atom is 0.345 e. The zero-order chi connectivity index (χ0) is 19.6. The van der Waals surface area contributed by atoms with E-state index in [1.54, 1.807) is 62.4 Å². The van der Waals surface area contributed by atoms with Gasteiger partial charge >= 0.3 is 5.97 Å². The molecule has 0 bridgehead atoms. The molecular formula is C21H19ClO5. The van der Waals surface area contributed by atoms with E-state index in [-0.39, 0.29) is 23.2 Å². The molecule has 6 heteroatoms. The molecule has 5 nitrogen and oxygen atoms in total. The predicted molar refractivity (Wildman–Crippen MR) is 102 cm³/mol. The van der Waals surface area contributed by atoms with Crippen LogP contribution >= 0.6 is 11.6 Å². The smallest absolute Gasteiger partial charge is 0.345 e. The van der Waals surface area contributed by atoms with Crippen molar-refractivity contribution in [2.75, 3.05) is 7.11 Å². The van der Waals surface area contributed by atoms with E-state index in [0.29, 0.717) is 22.1 Å². The molecule has 0 saturated heterocycles. The molecular weight excluding hydrogens is 368 g/mol. The van der Waals surface area contributed by atoms with Crippen molar-refractivity contribution in [3.05, 3.63) is 64.7 Å². The van der Waals surface area contributed by atoms with Crippen LogP contribution in [-0.4, -0.2) is 25.0 Å². The molecule has 0 amide bonds. The average Bonchev–Trinajstić information content (AvgIpc) is 2.66. The van der Waals surface area contributed by atoms with Crippen LogP contribution in [0, 0.1) is 5.92 Å². The number of ketones is 1. The van der Waals surface area contributed by atoms with Crippen LogP contribution in [-0.2, 0) is 19.1 Å². The standard InChI is InChI=1S/C21H19ClO5/c1-12-13(2)26-20(18(19(12)23)21(24)25-3)14-7-9-16(10-8-14)27-17-6-4-5-15(22)11-17/h4-13H,1-3H3. The van der Waals surface area contributed by atoms with Gasteiger partial charge in [-0.25, -0.2) is 4.79 Å². The van der Waals surface area contributed by atoms with Gasteiger partial charge in [0, 0.05) is 10.6 Å². The molecule has 1 heterocycles. The normalized spacial score (nSPS) is 19.5. The number of ether oxygens (including phenoxy) is 3. The fourth-order valence-corrected chi connectivity index (χ4v) is 2.93. The summed E-state index contributed by atoms with van der Waals surface area (Å²) in [5.74, 6) is 0.0175. The number of rotatable bonds is 4. The molecule has 1 aliphatic heterocycles. The fourth-order valence-electron chi connectivity index (χ4n) is 2.75. The van der Waals surface area contributed by atoms with Crippen molar-refractivity contribution in [2.24, 2.45) is 5.92 Å². The average molecular weight is 387 g/mol. The van der Waals surface area contributed by atoms with Crippen molar-refractivity contribution in [3.8, 4) is 11.5 Å². The highest BCUT2D eigenvalue weighted by Crippen LogP contribution is 2.34. The Morgan fingerprint density at radius 3 is 2.41 bits per heavy atom. The van der Waals surface area contributed by atoms with Crippen LogP contribution in [0.4, 0.5) is 0 Å². The third-order valence-electron chi connectivity index (χ3n) is 4.43. The highest BCUT2D eigenvalue weighted by molar-refractivity contribution is 6.30. The summed E-state index contributed by atoms with van der Waals surface area (Å²) in [6, 6.07) is 14.0. The van der Waals surface area contributed by atoms with Crippen LogP contribution in [0.1, 0.15) is 19.4 Å². The number of esters is 1. The van der Waals surface area contributed by atoms with Crippen LogP contribution in [0.25, 0.3) is 5.76 Å². The SMILES string of the molecule is COC(=O)C1=C(c2ccc(Oc3cccc(Cl)c3)cc2)OC(C)C(C)C1=O. The van der Waals surface area contributed by atoms with Crippen molar-refractivity contribution in [3.63, 3.8) is 0 Å². The molecule has 2 unspecified atom stereocenters. The molecule has 1 aliphatic rings. The predicted octanol–water partition coefficient (Wildman–Crippen LogP) is 4.64. The van der Waals surface area contributed by atoms with Gasteiger partial charge in [0.05, 0.1) is 13.0 Å². The second-order valence-corrected chi connectivity index (χ2v) is 6.69. The van der Waals surface area contributed by atoms with Crippen LogP contribution in [0.5, 0.6) is 11.5 Å². The second-order valence-electron chi connectivity index (χ2n) is 6.26. The van der Waals surface area contributed by atoms with E-state index in [1.807, 2.05) is 0 Å². The maximum absolute atomic E-state index is 12.6. The lowest BCUT2D eigenvalue weighted by molar-refractivity contribution is -0.139. The summed E-state index contributed by atoms with van der Waals surface area (Å²) < 4.78 is 16.4. The van der Waals surface area contributed by atoms with Crippen LogP contribution in [0.15, 0.2) is 54.1 Å². The van der Waals surface area contributed by atoms with E-state index >= 15 is 0 Å². The van der Waals surface area contributed by atoms with Crippen molar-refractivity contribution >= 4 is 29.1 Å². The van der Waals surface area contributed by atoms with Gasteiger partial charge in [0.15, 0.2) is 5.78 Å². The van der Waals surface area contributed by atoms with Crippen molar-refractivity contribution in [1.29, 1.82) is 0 Å². The van der Waals surface area contributed by atoms with Crippen molar-refractivity contribution in [2.45, 2.75) is 20.0 Å². The van der Waals surface area contributed by atoms with Crippen LogP contribution in [0.3, 0.4) is 0 Å². The molecule has 2 atom stereocenters. The van der Waals surface area contributed by atoms with Gasteiger partial charge in [-0.15, -0.1) is 0 Å². The minimum absolute atomic E-state index is 0.0633. The third kappa shape index (κ3) is 3.98. The van der Waals surface area contributed by atoms with E-state index < -0.39 is 11.9 Å². The Kier molecular flexibility index (Phi) is 5.51. The zero-order valence-corrected chi connectivity index (χ0v) is 15.9. The van der Waals surface area contributed by atoms with Gasteiger partial charge in [-0.3, -0.25) is 4.79 Å². The van der Waals surface area contributed by atoms with E-state index in [1.165, 1.54) is 7.11 Å². The van der Waals surface area contributed by atoms with E-state index in [4.69, 9.17) is 25.8 Å². The largest absolute Gasteiger partial charge is 0.488 e. The molecule has 0 saturated carbocycles. The molecule has 0 N–H and O–H groups in total. The first kappa shape index (κ1) is 19.0.